The average Bonchev–Trinajstić information content (AvgIpc) is 2.24. The van der Waals surface area contributed by atoms with Crippen molar-refractivity contribution in [3.8, 4) is 5.75 Å². The van der Waals surface area contributed by atoms with Gasteiger partial charge in [0.2, 0.25) is 0 Å². The molecule has 0 saturated heterocycles. The fraction of sp³-hybridized carbons (Fsp3) is 0.455. The highest BCUT2D eigenvalue weighted by Gasteiger charge is 2.11. The summed E-state index contributed by atoms with van der Waals surface area (Å²) in [4.78, 5) is 0.971. The van der Waals surface area contributed by atoms with Crippen molar-refractivity contribution in [2.45, 2.75) is 17.9 Å². The number of methoxy groups -OCH3 is 1. The predicted octanol–water partition coefficient (Wildman–Crippen LogP) is 2.15. The van der Waals surface area contributed by atoms with E-state index in [1.807, 2.05) is 24.3 Å². The average molecular weight is 276 g/mol. The van der Waals surface area contributed by atoms with Crippen molar-refractivity contribution in [1.29, 1.82) is 0 Å². The molecular formula is C11H16O4S2. The lowest BCUT2D eigenvalue weighted by Crippen LogP contribution is -2.16. The molecule has 1 rings (SSSR count). The van der Waals surface area contributed by atoms with Crippen LogP contribution in [-0.2, 0) is 14.3 Å². The molecule has 1 aromatic rings. The summed E-state index contributed by atoms with van der Waals surface area (Å²) in [6, 6.07) is 7.59. The molecule has 6 heteroatoms. The quantitative estimate of drug-likeness (QED) is 0.588. The number of thioether (sulfide) groups is 1. The van der Waals surface area contributed by atoms with Gasteiger partial charge in [-0.25, -0.2) is 0 Å². The van der Waals surface area contributed by atoms with E-state index >= 15 is 0 Å². The van der Waals surface area contributed by atoms with Gasteiger partial charge in [0.1, 0.15) is 5.75 Å². The number of benzene rings is 1. The van der Waals surface area contributed by atoms with Crippen LogP contribution in [0.1, 0.15) is 6.92 Å². The summed E-state index contributed by atoms with van der Waals surface area (Å²) in [7, 11) is -1.78. The summed E-state index contributed by atoms with van der Waals surface area (Å²) < 4.78 is 31.9. The molecule has 96 valence electrons. The molecule has 0 aliphatic heterocycles. The zero-order chi connectivity index (χ0) is 12.9. The van der Waals surface area contributed by atoms with Gasteiger partial charge in [0.15, 0.2) is 0 Å². The Labute approximate surface area is 106 Å². The molecule has 0 radical (unpaired) electrons. The standard InChI is InChI=1S/C11H16O4S2/c1-9(15-17(3,12)13)8-16-11-7-5-4-6-10(11)14-2/h4-7,9H,8H2,1-3H3. The molecular weight excluding hydrogens is 260 g/mol. The highest BCUT2D eigenvalue weighted by Crippen LogP contribution is 2.29. The first-order valence-electron chi connectivity index (χ1n) is 5.06. The van der Waals surface area contributed by atoms with Crippen LogP contribution in [0.25, 0.3) is 0 Å². The van der Waals surface area contributed by atoms with Crippen molar-refractivity contribution in [1.82, 2.24) is 0 Å². The van der Waals surface area contributed by atoms with Gasteiger partial charge in [-0.3, -0.25) is 4.18 Å². The smallest absolute Gasteiger partial charge is 0.264 e. The third-order valence-corrected chi connectivity index (χ3v) is 3.84. The van der Waals surface area contributed by atoms with Crippen LogP contribution in [0, 0.1) is 0 Å². The second kappa shape index (κ2) is 6.28. The van der Waals surface area contributed by atoms with Crippen LogP contribution in [0.15, 0.2) is 29.2 Å². The van der Waals surface area contributed by atoms with E-state index in [9.17, 15) is 8.42 Å². The topological polar surface area (TPSA) is 52.6 Å². The minimum atomic E-state index is -3.39. The fourth-order valence-corrected chi connectivity index (χ4v) is 2.97. The van der Waals surface area contributed by atoms with Gasteiger partial charge in [-0.05, 0) is 19.1 Å². The molecule has 0 spiro atoms. The zero-order valence-corrected chi connectivity index (χ0v) is 11.7. The molecule has 0 saturated carbocycles. The molecule has 0 bridgehead atoms. The van der Waals surface area contributed by atoms with E-state index < -0.39 is 10.1 Å². The SMILES string of the molecule is COc1ccccc1SCC(C)OS(C)(=O)=O. The lowest BCUT2D eigenvalue weighted by Gasteiger charge is -2.12. The molecule has 0 N–H and O–H groups in total. The monoisotopic (exact) mass is 276 g/mol. The molecule has 1 unspecified atom stereocenters. The second-order valence-corrected chi connectivity index (χ2v) is 6.24. The van der Waals surface area contributed by atoms with E-state index in [-0.39, 0.29) is 6.10 Å². The molecule has 0 aliphatic carbocycles. The van der Waals surface area contributed by atoms with Crippen molar-refractivity contribution < 1.29 is 17.3 Å². The molecule has 0 amide bonds. The summed E-state index contributed by atoms with van der Waals surface area (Å²) >= 11 is 1.51. The highest BCUT2D eigenvalue weighted by molar-refractivity contribution is 7.99. The van der Waals surface area contributed by atoms with Crippen molar-refractivity contribution >= 4 is 21.9 Å². The molecule has 4 nitrogen and oxygen atoms in total. The third-order valence-electron chi connectivity index (χ3n) is 1.88. The Morgan fingerprint density at radius 2 is 2.00 bits per heavy atom. The van der Waals surface area contributed by atoms with Crippen LogP contribution in [0.5, 0.6) is 5.75 Å². The van der Waals surface area contributed by atoms with Crippen LogP contribution in [0.2, 0.25) is 0 Å². The van der Waals surface area contributed by atoms with Gasteiger partial charge in [0, 0.05) is 10.6 Å². The van der Waals surface area contributed by atoms with Gasteiger partial charge < -0.3 is 4.74 Å². The van der Waals surface area contributed by atoms with Crippen LogP contribution < -0.4 is 4.74 Å². The van der Waals surface area contributed by atoms with Crippen molar-refractivity contribution in [3.05, 3.63) is 24.3 Å². The van der Waals surface area contributed by atoms with Crippen LogP contribution >= 0.6 is 11.8 Å². The van der Waals surface area contributed by atoms with E-state index in [2.05, 4.69) is 0 Å². The lowest BCUT2D eigenvalue weighted by atomic mass is 10.3. The first-order chi connectivity index (χ1) is 7.92. The van der Waals surface area contributed by atoms with E-state index in [0.29, 0.717) is 5.75 Å². The first-order valence-corrected chi connectivity index (χ1v) is 7.86. The van der Waals surface area contributed by atoms with Crippen LogP contribution in [-0.4, -0.2) is 33.6 Å². The highest BCUT2D eigenvalue weighted by atomic mass is 32.2. The summed E-state index contributed by atoms with van der Waals surface area (Å²) in [6.45, 7) is 1.73. The summed E-state index contributed by atoms with van der Waals surface area (Å²) in [6.07, 6.45) is 0.692. The number of ether oxygens (including phenoxy) is 1. The number of hydrogen-bond acceptors (Lipinski definition) is 5. The normalized spacial score (nSPS) is 13.4. The van der Waals surface area contributed by atoms with Gasteiger partial charge in [0.25, 0.3) is 10.1 Å². The third kappa shape index (κ3) is 5.43. The Kier molecular flexibility index (Phi) is 5.30. The van der Waals surface area contributed by atoms with Gasteiger partial charge in [-0.15, -0.1) is 11.8 Å². The first kappa shape index (κ1) is 14.3. The molecule has 0 heterocycles. The second-order valence-electron chi connectivity index (χ2n) is 3.57. The maximum Gasteiger partial charge on any atom is 0.264 e. The Balaban J connectivity index is 2.55. The Morgan fingerprint density at radius 1 is 1.35 bits per heavy atom. The van der Waals surface area contributed by atoms with Gasteiger partial charge in [-0.1, -0.05) is 12.1 Å². The number of hydrogen-bond donors (Lipinski definition) is 0. The molecule has 17 heavy (non-hydrogen) atoms. The molecule has 1 atom stereocenters. The van der Waals surface area contributed by atoms with Crippen molar-refractivity contribution in [2.24, 2.45) is 0 Å². The number of rotatable bonds is 6. The Bertz CT molecular complexity index is 456. The largest absolute Gasteiger partial charge is 0.496 e. The fourth-order valence-electron chi connectivity index (χ4n) is 1.27. The Morgan fingerprint density at radius 3 is 2.59 bits per heavy atom. The maximum absolute atomic E-state index is 10.9. The lowest BCUT2D eigenvalue weighted by molar-refractivity contribution is 0.256. The minimum Gasteiger partial charge on any atom is -0.496 e. The van der Waals surface area contributed by atoms with Gasteiger partial charge >= 0.3 is 0 Å². The van der Waals surface area contributed by atoms with Crippen molar-refractivity contribution in [3.63, 3.8) is 0 Å². The Hall–Kier alpha value is -0.720. The maximum atomic E-state index is 10.9. The molecule has 0 aliphatic rings. The molecule has 0 aromatic heterocycles. The van der Waals surface area contributed by atoms with E-state index in [4.69, 9.17) is 8.92 Å². The number of para-hydroxylation sites is 1. The minimum absolute atomic E-state index is 0.361. The van der Waals surface area contributed by atoms with Crippen LogP contribution in [0.4, 0.5) is 0 Å². The molecule has 0 fully saturated rings. The van der Waals surface area contributed by atoms with Crippen LogP contribution in [0.3, 0.4) is 0 Å². The van der Waals surface area contributed by atoms with Gasteiger partial charge in [0.05, 0.1) is 19.5 Å². The molecule has 1 aromatic carbocycles. The van der Waals surface area contributed by atoms with Gasteiger partial charge in [-0.2, -0.15) is 8.42 Å². The van der Waals surface area contributed by atoms with E-state index in [1.165, 1.54) is 11.8 Å². The summed E-state index contributed by atoms with van der Waals surface area (Å²) in [5.41, 5.74) is 0. The summed E-state index contributed by atoms with van der Waals surface area (Å²) in [5, 5.41) is 0. The summed E-state index contributed by atoms with van der Waals surface area (Å²) in [5.74, 6) is 1.33. The zero-order valence-electron chi connectivity index (χ0n) is 10.0. The van der Waals surface area contributed by atoms with E-state index in [1.54, 1.807) is 14.0 Å². The predicted molar refractivity (Wildman–Crippen MR) is 69.1 cm³/mol. The van der Waals surface area contributed by atoms with E-state index in [0.717, 1.165) is 16.9 Å². The van der Waals surface area contributed by atoms with Crippen molar-refractivity contribution in [2.75, 3.05) is 19.1 Å².